The van der Waals surface area contributed by atoms with E-state index < -0.39 is 0 Å². The maximum absolute atomic E-state index is 5.93. The van der Waals surface area contributed by atoms with Crippen LogP contribution in [0.2, 0.25) is 5.02 Å². The maximum atomic E-state index is 5.93. The quantitative estimate of drug-likeness (QED) is 0.544. The molecule has 0 aliphatic heterocycles. The number of rotatable bonds is 2. The van der Waals surface area contributed by atoms with Gasteiger partial charge in [0.05, 0.1) is 5.39 Å². The zero-order valence-electron chi connectivity index (χ0n) is 7.96. The van der Waals surface area contributed by atoms with E-state index >= 15 is 0 Å². The zero-order chi connectivity index (χ0) is 10.1. The second-order valence-electron chi connectivity index (χ2n) is 3.17. The molecule has 14 heavy (non-hydrogen) atoms. The molecule has 3 heteroatoms. The smallest absolute Gasteiger partial charge is 0.134 e. The van der Waals surface area contributed by atoms with Crippen LogP contribution in [0.25, 0.3) is 10.1 Å². The van der Waals surface area contributed by atoms with E-state index in [0.717, 1.165) is 11.6 Å². The van der Waals surface area contributed by atoms with Crippen LogP contribution in [0.15, 0.2) is 30.9 Å². The molecule has 0 atom stereocenters. The number of aryl methyl sites for hydroxylation is 1. The van der Waals surface area contributed by atoms with Gasteiger partial charge in [0.25, 0.3) is 0 Å². The summed E-state index contributed by atoms with van der Waals surface area (Å²) in [6.07, 6.45) is 1.91. The number of nitrogens with zero attached hydrogens (tertiary/aromatic N) is 1. The molecule has 0 amide bonds. The second-order valence-corrected chi connectivity index (χ2v) is 4.67. The van der Waals surface area contributed by atoms with E-state index in [-0.39, 0.29) is 0 Å². The summed E-state index contributed by atoms with van der Waals surface area (Å²) in [5.74, 6) is 0. The van der Waals surface area contributed by atoms with Gasteiger partial charge in [0.2, 0.25) is 5.69 Å². The molecule has 2 aromatic rings. The van der Waals surface area contributed by atoms with E-state index in [0.29, 0.717) is 0 Å². The summed E-state index contributed by atoms with van der Waals surface area (Å²) in [4.78, 5) is 0. The summed E-state index contributed by atoms with van der Waals surface area (Å²) in [5, 5.41) is 2.07. The van der Waals surface area contributed by atoms with Crippen molar-refractivity contribution in [2.45, 2.75) is 13.5 Å². The van der Waals surface area contributed by atoms with Crippen molar-refractivity contribution < 1.29 is 3.96 Å². The summed E-state index contributed by atoms with van der Waals surface area (Å²) in [6.45, 7) is 6.73. The molecule has 0 aliphatic rings. The van der Waals surface area contributed by atoms with Crippen LogP contribution in [-0.4, -0.2) is 0 Å². The SMILES string of the molecule is C=CC[n+]1sc2cc(Cl)ccc2c1C. The third kappa shape index (κ3) is 1.56. The minimum atomic E-state index is 0.796. The fourth-order valence-electron chi connectivity index (χ4n) is 1.48. The van der Waals surface area contributed by atoms with Gasteiger partial charge in [-0.25, -0.2) is 0 Å². The van der Waals surface area contributed by atoms with E-state index in [9.17, 15) is 0 Å². The van der Waals surface area contributed by atoms with Crippen LogP contribution in [0.5, 0.6) is 0 Å². The molecule has 0 spiro atoms. The van der Waals surface area contributed by atoms with Gasteiger partial charge in [0.15, 0.2) is 6.54 Å². The molecule has 1 nitrogen and oxygen atoms in total. The van der Waals surface area contributed by atoms with Crippen molar-refractivity contribution in [1.29, 1.82) is 0 Å². The molecular formula is C11H11ClNS+. The Balaban J connectivity index is 2.66. The Morgan fingerprint density at radius 2 is 2.36 bits per heavy atom. The van der Waals surface area contributed by atoms with Crippen molar-refractivity contribution in [3.63, 3.8) is 0 Å². The monoisotopic (exact) mass is 224 g/mol. The Bertz CT molecular complexity index is 487. The molecule has 1 aromatic carbocycles. The predicted molar refractivity (Wildman–Crippen MR) is 62.0 cm³/mol. The Morgan fingerprint density at radius 1 is 1.57 bits per heavy atom. The average molecular weight is 225 g/mol. The molecule has 0 unspecified atom stereocenters. The molecule has 0 aliphatic carbocycles. The van der Waals surface area contributed by atoms with Crippen LogP contribution in [-0.2, 0) is 6.54 Å². The van der Waals surface area contributed by atoms with Gasteiger partial charge in [-0.1, -0.05) is 18.2 Å². The van der Waals surface area contributed by atoms with Crippen LogP contribution in [0.3, 0.4) is 0 Å². The fourth-order valence-corrected chi connectivity index (χ4v) is 2.87. The Labute approximate surface area is 92.4 Å². The molecular weight excluding hydrogens is 214 g/mol. The highest BCUT2D eigenvalue weighted by molar-refractivity contribution is 7.09. The summed E-state index contributed by atoms with van der Waals surface area (Å²) < 4.78 is 3.45. The van der Waals surface area contributed by atoms with Crippen LogP contribution in [0.1, 0.15) is 5.69 Å². The van der Waals surface area contributed by atoms with Crippen molar-refractivity contribution in [2.24, 2.45) is 0 Å². The number of aromatic nitrogens is 1. The van der Waals surface area contributed by atoms with Crippen LogP contribution in [0.4, 0.5) is 0 Å². The first-order chi connectivity index (χ1) is 6.72. The first kappa shape index (κ1) is 9.69. The second kappa shape index (κ2) is 3.71. The van der Waals surface area contributed by atoms with Gasteiger partial charge in [-0.05, 0) is 24.3 Å². The molecule has 1 aromatic heterocycles. The van der Waals surface area contributed by atoms with Crippen molar-refractivity contribution in [3.8, 4) is 0 Å². The van der Waals surface area contributed by atoms with Gasteiger partial charge < -0.3 is 0 Å². The number of hydrogen-bond donors (Lipinski definition) is 0. The van der Waals surface area contributed by atoms with Crippen LogP contribution >= 0.6 is 23.1 Å². The molecule has 72 valence electrons. The lowest BCUT2D eigenvalue weighted by Crippen LogP contribution is -2.29. The maximum Gasteiger partial charge on any atom is 0.201 e. The van der Waals surface area contributed by atoms with Gasteiger partial charge in [0.1, 0.15) is 16.2 Å². The lowest BCUT2D eigenvalue weighted by molar-refractivity contribution is -0.623. The largest absolute Gasteiger partial charge is 0.201 e. The summed E-state index contributed by atoms with van der Waals surface area (Å²) in [5.41, 5.74) is 1.28. The minimum absolute atomic E-state index is 0.796. The zero-order valence-corrected chi connectivity index (χ0v) is 9.53. The molecule has 0 saturated heterocycles. The van der Waals surface area contributed by atoms with Crippen molar-refractivity contribution in [1.82, 2.24) is 0 Å². The first-order valence-electron chi connectivity index (χ1n) is 4.42. The minimum Gasteiger partial charge on any atom is -0.134 e. The van der Waals surface area contributed by atoms with Crippen LogP contribution < -0.4 is 3.96 Å². The molecule has 0 bridgehead atoms. The third-order valence-electron chi connectivity index (χ3n) is 2.21. The highest BCUT2D eigenvalue weighted by atomic mass is 35.5. The van der Waals surface area contributed by atoms with E-state index in [1.165, 1.54) is 15.8 Å². The van der Waals surface area contributed by atoms with Gasteiger partial charge in [-0.3, -0.25) is 0 Å². The first-order valence-corrected chi connectivity index (χ1v) is 5.57. The van der Waals surface area contributed by atoms with E-state index in [1.807, 2.05) is 18.2 Å². The van der Waals surface area contributed by atoms with E-state index in [2.05, 4.69) is 23.5 Å². The fraction of sp³-hybridized carbons (Fsp3) is 0.182. The third-order valence-corrected chi connectivity index (χ3v) is 3.62. The standard InChI is InChI=1S/C11H11ClNS/c1-3-6-13-8(2)10-5-4-9(12)7-11(10)14-13/h3-5,7H,1,6H2,2H3/q+1. The predicted octanol–water partition coefficient (Wildman–Crippen LogP) is 3.34. The molecule has 0 N–H and O–H groups in total. The molecule has 2 rings (SSSR count). The normalized spacial score (nSPS) is 10.7. The average Bonchev–Trinajstić information content (AvgIpc) is 2.44. The Kier molecular flexibility index (Phi) is 2.57. The number of hydrogen-bond acceptors (Lipinski definition) is 1. The lowest BCUT2D eigenvalue weighted by Gasteiger charge is -1.87. The van der Waals surface area contributed by atoms with E-state index in [4.69, 9.17) is 11.6 Å². The van der Waals surface area contributed by atoms with Gasteiger partial charge in [0, 0.05) is 11.9 Å². The van der Waals surface area contributed by atoms with Gasteiger partial charge in [-0.2, -0.15) is 0 Å². The Morgan fingerprint density at radius 3 is 3.07 bits per heavy atom. The highest BCUT2D eigenvalue weighted by Crippen LogP contribution is 2.24. The molecule has 0 saturated carbocycles. The topological polar surface area (TPSA) is 3.88 Å². The van der Waals surface area contributed by atoms with Gasteiger partial charge in [-0.15, -0.1) is 3.96 Å². The summed E-state index contributed by atoms with van der Waals surface area (Å²) in [7, 11) is 0. The van der Waals surface area contributed by atoms with Crippen molar-refractivity contribution >= 4 is 33.2 Å². The summed E-state index contributed by atoms with van der Waals surface area (Å²) in [6, 6.07) is 6.01. The summed E-state index contributed by atoms with van der Waals surface area (Å²) >= 11 is 7.66. The number of allylic oxidation sites excluding steroid dienone is 1. The van der Waals surface area contributed by atoms with Crippen molar-refractivity contribution in [3.05, 3.63) is 41.6 Å². The van der Waals surface area contributed by atoms with Crippen molar-refractivity contribution in [2.75, 3.05) is 0 Å². The lowest BCUT2D eigenvalue weighted by atomic mass is 10.2. The number of fused-ring (bicyclic) bond motifs is 1. The molecule has 0 fully saturated rings. The Hall–Kier alpha value is -0.860. The van der Waals surface area contributed by atoms with E-state index in [1.54, 1.807) is 11.5 Å². The number of halogens is 1. The number of benzene rings is 1. The highest BCUT2D eigenvalue weighted by Gasteiger charge is 2.14. The van der Waals surface area contributed by atoms with Crippen LogP contribution in [0, 0.1) is 6.92 Å². The molecule has 1 heterocycles. The molecule has 0 radical (unpaired) electrons. The van der Waals surface area contributed by atoms with Gasteiger partial charge >= 0.3 is 0 Å².